The van der Waals surface area contributed by atoms with E-state index in [2.05, 4.69) is 14.8 Å². The fourth-order valence-corrected chi connectivity index (χ4v) is 4.58. The summed E-state index contributed by atoms with van der Waals surface area (Å²) >= 11 is 6.41. The molecule has 176 valence electrons. The Balaban J connectivity index is 1.48. The van der Waals surface area contributed by atoms with Gasteiger partial charge < -0.3 is 4.90 Å². The van der Waals surface area contributed by atoms with Gasteiger partial charge in [-0.3, -0.25) is 23.8 Å². The highest BCUT2D eigenvalue weighted by atomic mass is 35.5. The Morgan fingerprint density at radius 1 is 0.971 bits per heavy atom. The summed E-state index contributed by atoms with van der Waals surface area (Å²) in [6, 6.07) is 14.3. The zero-order valence-corrected chi connectivity index (χ0v) is 19.4. The van der Waals surface area contributed by atoms with Crippen molar-refractivity contribution in [2.45, 2.75) is 13.1 Å². The molecule has 1 aliphatic heterocycles. The third-order valence-corrected chi connectivity index (χ3v) is 6.65. The molecule has 2 aromatic carbocycles. The molecule has 0 amide bonds. The van der Waals surface area contributed by atoms with Gasteiger partial charge in [-0.2, -0.15) is 4.98 Å². The molecule has 0 atom stereocenters. The topological polar surface area (TPSA) is 79.2 Å². The van der Waals surface area contributed by atoms with E-state index in [0.717, 1.165) is 5.56 Å². The number of aryl methyl sites for hydroxylation is 1. The fraction of sp³-hybridized carbons (Fsp3) is 0.292. The van der Waals surface area contributed by atoms with Gasteiger partial charge in [-0.25, -0.2) is 9.18 Å². The van der Waals surface area contributed by atoms with Gasteiger partial charge in [0.15, 0.2) is 11.2 Å². The van der Waals surface area contributed by atoms with Crippen LogP contribution in [0.3, 0.4) is 0 Å². The van der Waals surface area contributed by atoms with Crippen molar-refractivity contribution in [2.75, 3.05) is 31.1 Å². The molecule has 0 spiro atoms. The maximum atomic E-state index is 14.1. The molecule has 0 bridgehead atoms. The molecule has 5 rings (SSSR count). The van der Waals surface area contributed by atoms with Crippen LogP contribution in [0.15, 0.2) is 58.1 Å². The van der Waals surface area contributed by atoms with Gasteiger partial charge in [-0.1, -0.05) is 48.0 Å². The highest BCUT2D eigenvalue weighted by Gasteiger charge is 2.25. The summed E-state index contributed by atoms with van der Waals surface area (Å²) in [7, 11) is 1.59. The van der Waals surface area contributed by atoms with Crippen molar-refractivity contribution in [3.8, 4) is 0 Å². The van der Waals surface area contributed by atoms with E-state index in [1.807, 2.05) is 28.8 Å². The van der Waals surface area contributed by atoms with Crippen molar-refractivity contribution in [3.05, 3.63) is 91.3 Å². The maximum absolute atomic E-state index is 14.1. The SMILES string of the molecule is Cn1c(=O)[nH]c(=O)c2c1nc(N1CCN(Cc3ccccc3F)CC1)n2Cc1ccccc1Cl. The first kappa shape index (κ1) is 22.4. The molecule has 1 N–H and O–H groups in total. The predicted octanol–water partition coefficient (Wildman–Crippen LogP) is 2.59. The Labute approximate surface area is 199 Å². The number of anilines is 1. The molecule has 1 saturated heterocycles. The Kier molecular flexibility index (Phi) is 5.97. The largest absolute Gasteiger partial charge is 0.340 e. The maximum Gasteiger partial charge on any atom is 0.329 e. The molecule has 3 heterocycles. The zero-order chi connectivity index (χ0) is 23.8. The minimum atomic E-state index is -0.513. The third kappa shape index (κ3) is 4.12. The summed E-state index contributed by atoms with van der Waals surface area (Å²) in [6.45, 7) is 3.57. The van der Waals surface area contributed by atoms with Gasteiger partial charge in [0.2, 0.25) is 5.95 Å². The molecule has 0 aliphatic carbocycles. The van der Waals surface area contributed by atoms with Crippen molar-refractivity contribution in [1.29, 1.82) is 0 Å². The fourth-order valence-electron chi connectivity index (χ4n) is 4.38. The van der Waals surface area contributed by atoms with Crippen LogP contribution in [0.5, 0.6) is 0 Å². The molecule has 4 aromatic rings. The molecular weight excluding hydrogens is 459 g/mol. The highest BCUT2D eigenvalue weighted by molar-refractivity contribution is 6.31. The number of nitrogens with one attached hydrogen (secondary N) is 1. The van der Waals surface area contributed by atoms with Gasteiger partial charge in [0, 0.05) is 50.4 Å². The lowest BCUT2D eigenvalue weighted by molar-refractivity contribution is 0.245. The Bertz CT molecular complexity index is 1470. The molecule has 0 unspecified atom stereocenters. The molecule has 10 heteroatoms. The lowest BCUT2D eigenvalue weighted by Gasteiger charge is -2.35. The molecule has 1 aliphatic rings. The van der Waals surface area contributed by atoms with Gasteiger partial charge in [-0.15, -0.1) is 0 Å². The number of halogens is 2. The van der Waals surface area contributed by atoms with E-state index < -0.39 is 11.2 Å². The first-order chi connectivity index (χ1) is 16.4. The van der Waals surface area contributed by atoms with Gasteiger partial charge >= 0.3 is 5.69 Å². The van der Waals surface area contributed by atoms with Crippen molar-refractivity contribution in [1.82, 2.24) is 24.0 Å². The Morgan fingerprint density at radius 2 is 1.65 bits per heavy atom. The number of aromatic nitrogens is 4. The predicted molar refractivity (Wildman–Crippen MR) is 130 cm³/mol. The number of aromatic amines is 1. The van der Waals surface area contributed by atoms with Crippen molar-refractivity contribution in [3.63, 3.8) is 0 Å². The minimum absolute atomic E-state index is 0.202. The van der Waals surface area contributed by atoms with Crippen LogP contribution in [-0.2, 0) is 20.1 Å². The smallest absolute Gasteiger partial charge is 0.329 e. The summed E-state index contributed by atoms with van der Waals surface area (Å²) in [4.78, 5) is 36.4. The Morgan fingerprint density at radius 3 is 2.35 bits per heavy atom. The van der Waals surface area contributed by atoms with Crippen LogP contribution in [0.2, 0.25) is 5.02 Å². The van der Waals surface area contributed by atoms with Crippen molar-refractivity contribution in [2.24, 2.45) is 7.05 Å². The lowest BCUT2D eigenvalue weighted by Crippen LogP contribution is -2.47. The highest BCUT2D eigenvalue weighted by Crippen LogP contribution is 2.25. The molecule has 2 aromatic heterocycles. The number of hydrogen-bond acceptors (Lipinski definition) is 5. The minimum Gasteiger partial charge on any atom is -0.340 e. The van der Waals surface area contributed by atoms with E-state index in [1.54, 1.807) is 25.2 Å². The van der Waals surface area contributed by atoms with E-state index in [9.17, 15) is 14.0 Å². The number of H-pyrrole nitrogens is 1. The van der Waals surface area contributed by atoms with Crippen LogP contribution in [-0.4, -0.2) is 50.2 Å². The van der Waals surface area contributed by atoms with Crippen LogP contribution >= 0.6 is 11.6 Å². The van der Waals surface area contributed by atoms with Crippen molar-refractivity contribution < 1.29 is 4.39 Å². The molecule has 0 radical (unpaired) electrons. The Hall–Kier alpha value is -3.43. The molecule has 1 fully saturated rings. The van der Waals surface area contributed by atoms with E-state index in [-0.39, 0.29) is 5.82 Å². The summed E-state index contributed by atoms with van der Waals surface area (Å²) in [5, 5.41) is 0.589. The number of fused-ring (bicyclic) bond motifs is 1. The second-order valence-electron chi connectivity index (χ2n) is 8.43. The third-order valence-electron chi connectivity index (χ3n) is 6.28. The first-order valence-electron chi connectivity index (χ1n) is 11.1. The number of nitrogens with zero attached hydrogens (tertiary/aromatic N) is 5. The normalized spacial score (nSPS) is 14.7. The standard InChI is InChI=1S/C24H24ClFN6O2/c1-29-21-20(22(33)28-24(29)34)32(15-16-6-2-4-8-18(16)25)23(27-21)31-12-10-30(11-13-31)14-17-7-3-5-9-19(17)26/h2-9H,10-15H2,1H3,(H,28,33,34). The van der Waals surface area contributed by atoms with Crippen molar-refractivity contribution >= 4 is 28.7 Å². The van der Waals surface area contributed by atoms with E-state index in [1.165, 1.54) is 10.6 Å². The average molecular weight is 483 g/mol. The number of imidazole rings is 1. The van der Waals surface area contributed by atoms with E-state index in [4.69, 9.17) is 16.6 Å². The first-order valence-corrected chi connectivity index (χ1v) is 11.4. The van der Waals surface area contributed by atoms with E-state index in [0.29, 0.717) is 67.0 Å². The van der Waals surface area contributed by atoms with Gasteiger partial charge in [0.25, 0.3) is 5.56 Å². The summed E-state index contributed by atoms with van der Waals surface area (Å²) < 4.78 is 17.2. The number of rotatable bonds is 5. The van der Waals surface area contributed by atoms with Gasteiger partial charge in [0.05, 0.1) is 6.54 Å². The van der Waals surface area contributed by atoms with Crippen LogP contribution in [0.4, 0.5) is 10.3 Å². The molecule has 34 heavy (non-hydrogen) atoms. The molecule has 8 nitrogen and oxygen atoms in total. The average Bonchev–Trinajstić information content (AvgIpc) is 3.21. The van der Waals surface area contributed by atoms with Crippen LogP contribution in [0.1, 0.15) is 11.1 Å². The number of hydrogen-bond donors (Lipinski definition) is 1. The second-order valence-corrected chi connectivity index (χ2v) is 8.84. The van der Waals surface area contributed by atoms with Crippen LogP contribution in [0.25, 0.3) is 11.2 Å². The summed E-state index contributed by atoms with van der Waals surface area (Å²) in [5.74, 6) is 0.402. The number of piperazine rings is 1. The van der Waals surface area contributed by atoms with Crippen LogP contribution < -0.4 is 16.1 Å². The number of benzene rings is 2. The lowest BCUT2D eigenvalue weighted by atomic mass is 10.2. The van der Waals surface area contributed by atoms with Gasteiger partial charge in [-0.05, 0) is 17.7 Å². The van der Waals surface area contributed by atoms with Gasteiger partial charge in [0.1, 0.15) is 5.82 Å². The summed E-state index contributed by atoms with van der Waals surface area (Å²) in [6.07, 6.45) is 0. The second kappa shape index (κ2) is 9.08. The van der Waals surface area contributed by atoms with E-state index >= 15 is 0 Å². The zero-order valence-electron chi connectivity index (χ0n) is 18.7. The molecular formula is C24H24ClFN6O2. The monoisotopic (exact) mass is 482 g/mol. The molecule has 0 saturated carbocycles. The van der Waals surface area contributed by atoms with Crippen LogP contribution in [0, 0.1) is 5.82 Å². The summed E-state index contributed by atoms with van der Waals surface area (Å²) in [5.41, 5.74) is 1.17. The quantitative estimate of drug-likeness (QED) is 0.473.